The molecule has 2 unspecified atom stereocenters. The third kappa shape index (κ3) is 7.78. The summed E-state index contributed by atoms with van der Waals surface area (Å²) in [6.07, 6.45) is 4.98. The fourth-order valence-corrected chi connectivity index (χ4v) is 3.49. The molecule has 186 valence electrons. The molecule has 0 radical (unpaired) electrons. The highest BCUT2D eigenvalue weighted by molar-refractivity contribution is 5.99. The topological polar surface area (TPSA) is 97.0 Å². The number of carbonyl (C=O) groups is 3. The van der Waals surface area contributed by atoms with Gasteiger partial charge in [0.05, 0.1) is 7.11 Å². The van der Waals surface area contributed by atoms with Crippen molar-refractivity contribution in [1.29, 1.82) is 0 Å². The minimum absolute atomic E-state index is 0.504. The molecule has 8 heteroatoms. The average Bonchev–Trinajstić information content (AvgIpc) is 2.75. The average molecular weight is 480 g/mol. The van der Waals surface area contributed by atoms with Gasteiger partial charge in [-0.3, -0.25) is 14.5 Å². The van der Waals surface area contributed by atoms with Crippen molar-refractivity contribution in [3.8, 4) is 18.2 Å². The number of nitrogens with one attached hydrogen (secondary N) is 2. The number of hydrogen-bond acceptors (Lipinski definition) is 5. The van der Waals surface area contributed by atoms with Gasteiger partial charge in [0.1, 0.15) is 23.4 Å². The van der Waals surface area contributed by atoms with E-state index in [4.69, 9.17) is 15.9 Å². The Bertz CT molecular complexity index is 1090. The quantitative estimate of drug-likeness (QED) is 0.455. The molecule has 0 aliphatic heterocycles. The van der Waals surface area contributed by atoms with Crippen LogP contribution in [-0.4, -0.2) is 41.6 Å². The summed E-state index contributed by atoms with van der Waals surface area (Å²) in [6, 6.07) is 12.5. The number of amides is 3. The van der Waals surface area contributed by atoms with Gasteiger partial charge in [0, 0.05) is 11.7 Å². The zero-order valence-corrected chi connectivity index (χ0v) is 21.3. The second-order valence-electron chi connectivity index (χ2n) is 9.25. The minimum Gasteiger partial charge on any atom is -0.497 e. The molecule has 3 amide bonds. The Hall–Kier alpha value is -3.99. The lowest BCUT2D eigenvalue weighted by Crippen LogP contribution is -2.49. The lowest BCUT2D eigenvalue weighted by Gasteiger charge is -2.29. The summed E-state index contributed by atoms with van der Waals surface area (Å²) in [5.74, 6) is -0.500. The molecule has 0 spiro atoms. The number of ether oxygens (including phenoxy) is 2. The predicted octanol–water partition coefficient (Wildman–Crippen LogP) is 4.32. The van der Waals surface area contributed by atoms with Crippen LogP contribution in [0.4, 0.5) is 10.5 Å². The van der Waals surface area contributed by atoms with E-state index in [-0.39, 0.29) is 0 Å². The Balaban J connectivity index is 2.39. The van der Waals surface area contributed by atoms with Gasteiger partial charge in [-0.2, -0.15) is 0 Å². The molecule has 35 heavy (non-hydrogen) atoms. The Kier molecular flexibility index (Phi) is 8.90. The van der Waals surface area contributed by atoms with Crippen LogP contribution in [0.1, 0.15) is 50.4 Å². The van der Waals surface area contributed by atoms with Crippen molar-refractivity contribution in [3.63, 3.8) is 0 Å². The van der Waals surface area contributed by atoms with Crippen LogP contribution in [-0.2, 0) is 14.3 Å². The number of rotatable bonds is 7. The van der Waals surface area contributed by atoms with Crippen LogP contribution in [0.5, 0.6) is 5.75 Å². The molecule has 0 aliphatic rings. The lowest BCUT2D eigenvalue weighted by atomic mass is 9.99. The summed E-state index contributed by atoms with van der Waals surface area (Å²) in [5.41, 5.74) is 2.13. The van der Waals surface area contributed by atoms with E-state index in [1.165, 1.54) is 6.92 Å². The SMILES string of the molecule is C#CN(C(=O)C(C)NC(=O)OC(C)(C)C)C(C(=O)Nc1ccc(OC)cc1)c1cc(C)cc(C)c1. The Morgan fingerprint density at radius 2 is 1.60 bits per heavy atom. The highest BCUT2D eigenvalue weighted by atomic mass is 16.6. The summed E-state index contributed by atoms with van der Waals surface area (Å²) in [4.78, 5) is 40.0. The lowest BCUT2D eigenvalue weighted by molar-refractivity contribution is -0.136. The minimum atomic E-state index is -1.14. The van der Waals surface area contributed by atoms with Crippen LogP contribution >= 0.6 is 0 Å². The molecule has 2 aromatic carbocycles. The molecule has 0 saturated heterocycles. The van der Waals surface area contributed by atoms with E-state index < -0.39 is 35.6 Å². The van der Waals surface area contributed by atoms with Gasteiger partial charge in [0.25, 0.3) is 11.8 Å². The number of aryl methyl sites for hydroxylation is 2. The van der Waals surface area contributed by atoms with Crippen molar-refractivity contribution >= 4 is 23.6 Å². The van der Waals surface area contributed by atoms with Crippen molar-refractivity contribution in [2.45, 2.75) is 59.2 Å². The molecule has 0 aliphatic carbocycles. The zero-order valence-electron chi connectivity index (χ0n) is 21.3. The molecule has 2 aromatic rings. The summed E-state index contributed by atoms with van der Waals surface area (Å²) < 4.78 is 10.4. The number of benzene rings is 2. The van der Waals surface area contributed by atoms with Gasteiger partial charge in [-0.1, -0.05) is 35.7 Å². The summed E-state index contributed by atoms with van der Waals surface area (Å²) in [5, 5.41) is 5.30. The maximum atomic E-state index is 13.5. The van der Waals surface area contributed by atoms with Crippen LogP contribution in [0.2, 0.25) is 0 Å². The van der Waals surface area contributed by atoms with E-state index in [0.717, 1.165) is 16.0 Å². The summed E-state index contributed by atoms with van der Waals surface area (Å²) in [6.45, 7) is 10.4. The van der Waals surface area contributed by atoms with Gasteiger partial charge in [-0.05, 0) is 71.4 Å². The molecule has 2 N–H and O–H groups in total. The number of terminal acetylenes is 1. The highest BCUT2D eigenvalue weighted by Gasteiger charge is 2.34. The number of carbonyl (C=O) groups excluding carboxylic acids is 3. The second kappa shape index (κ2) is 11.4. The summed E-state index contributed by atoms with van der Waals surface area (Å²) in [7, 11) is 1.55. The van der Waals surface area contributed by atoms with Crippen LogP contribution in [0.25, 0.3) is 0 Å². The number of nitrogens with zero attached hydrogens (tertiary/aromatic N) is 1. The van der Waals surface area contributed by atoms with Gasteiger partial charge in [-0.25, -0.2) is 4.79 Å². The number of alkyl carbamates (subject to hydrolysis) is 1. The normalized spacial score (nSPS) is 12.5. The van der Waals surface area contributed by atoms with E-state index in [1.54, 1.807) is 64.3 Å². The van der Waals surface area contributed by atoms with Gasteiger partial charge in [0.2, 0.25) is 0 Å². The fourth-order valence-electron chi connectivity index (χ4n) is 3.49. The molecular weight excluding hydrogens is 446 g/mol. The first-order valence-corrected chi connectivity index (χ1v) is 11.2. The Labute approximate surface area is 207 Å². The van der Waals surface area contributed by atoms with Crippen LogP contribution in [0.3, 0.4) is 0 Å². The number of hydrogen-bond donors (Lipinski definition) is 2. The first kappa shape index (κ1) is 27.3. The van der Waals surface area contributed by atoms with Crippen LogP contribution in [0, 0.1) is 26.3 Å². The molecule has 0 aromatic heterocycles. The number of anilines is 1. The van der Waals surface area contributed by atoms with Crippen molar-refractivity contribution < 1.29 is 23.9 Å². The van der Waals surface area contributed by atoms with Crippen molar-refractivity contribution in [1.82, 2.24) is 10.2 Å². The van der Waals surface area contributed by atoms with Gasteiger partial charge in [0.15, 0.2) is 0 Å². The molecular formula is C27H33N3O5. The smallest absolute Gasteiger partial charge is 0.408 e. The van der Waals surface area contributed by atoms with E-state index in [2.05, 4.69) is 16.7 Å². The highest BCUT2D eigenvalue weighted by Crippen LogP contribution is 2.26. The van der Waals surface area contributed by atoms with E-state index in [9.17, 15) is 14.4 Å². The van der Waals surface area contributed by atoms with Crippen molar-refractivity contribution in [2.75, 3.05) is 12.4 Å². The Morgan fingerprint density at radius 1 is 1.03 bits per heavy atom. The predicted molar refractivity (Wildman–Crippen MR) is 135 cm³/mol. The first-order chi connectivity index (χ1) is 16.3. The molecule has 0 heterocycles. The molecule has 0 bridgehead atoms. The molecule has 8 nitrogen and oxygen atoms in total. The zero-order chi connectivity index (χ0) is 26.3. The maximum absolute atomic E-state index is 13.5. The number of methoxy groups -OCH3 is 1. The van der Waals surface area contributed by atoms with Gasteiger partial charge < -0.3 is 20.1 Å². The van der Waals surface area contributed by atoms with Gasteiger partial charge in [-0.15, -0.1) is 0 Å². The monoisotopic (exact) mass is 479 g/mol. The standard InChI is InChI=1S/C27H33N3O5/c1-9-30(25(32)19(4)28-26(33)35-27(5,6)7)23(20-15-17(2)14-18(3)16-20)24(31)29-21-10-12-22(34-8)13-11-21/h1,10-16,19,23H,2-8H3,(H,28,33)(H,29,31). The van der Waals surface area contributed by atoms with Gasteiger partial charge >= 0.3 is 6.09 Å². The first-order valence-electron chi connectivity index (χ1n) is 11.2. The van der Waals surface area contributed by atoms with Crippen LogP contribution < -0.4 is 15.4 Å². The molecule has 2 atom stereocenters. The largest absolute Gasteiger partial charge is 0.497 e. The Morgan fingerprint density at radius 3 is 2.09 bits per heavy atom. The van der Waals surface area contributed by atoms with Crippen LogP contribution in [0.15, 0.2) is 42.5 Å². The summed E-state index contributed by atoms with van der Waals surface area (Å²) >= 11 is 0. The van der Waals surface area contributed by atoms with Crippen molar-refractivity contribution in [3.05, 3.63) is 59.2 Å². The van der Waals surface area contributed by atoms with E-state index >= 15 is 0 Å². The second-order valence-corrected chi connectivity index (χ2v) is 9.25. The fraction of sp³-hybridized carbons (Fsp3) is 0.370. The van der Waals surface area contributed by atoms with E-state index in [0.29, 0.717) is 17.0 Å². The third-order valence-corrected chi connectivity index (χ3v) is 4.90. The maximum Gasteiger partial charge on any atom is 0.408 e. The molecule has 0 saturated carbocycles. The molecule has 2 rings (SSSR count). The van der Waals surface area contributed by atoms with E-state index in [1.807, 2.05) is 19.9 Å². The third-order valence-electron chi connectivity index (χ3n) is 4.90. The van der Waals surface area contributed by atoms with Crippen molar-refractivity contribution in [2.24, 2.45) is 0 Å². The molecule has 0 fully saturated rings.